The van der Waals surface area contributed by atoms with Gasteiger partial charge in [-0.1, -0.05) is 122 Å². The molecule has 1 rings (SSSR count). The maximum Gasteiger partial charge on any atom is 0.180 e. The molecule has 0 unspecified atom stereocenters. The van der Waals surface area contributed by atoms with Gasteiger partial charge in [0.05, 0.1) is 6.61 Å². The maximum absolute atomic E-state index is 12.2. The predicted molar refractivity (Wildman–Crippen MR) is 145 cm³/mol. The van der Waals surface area contributed by atoms with Crippen molar-refractivity contribution in [3.63, 3.8) is 0 Å². The smallest absolute Gasteiger partial charge is 0.180 e. The van der Waals surface area contributed by atoms with Crippen LogP contribution in [0.3, 0.4) is 0 Å². The Kier molecular flexibility index (Phi) is 17.4. The minimum atomic E-state index is 0.000162. The first kappa shape index (κ1) is 29.9. The van der Waals surface area contributed by atoms with Gasteiger partial charge in [0.25, 0.3) is 0 Å². The van der Waals surface area contributed by atoms with Gasteiger partial charge in [-0.2, -0.15) is 0 Å². The Morgan fingerprint density at radius 2 is 1.36 bits per heavy atom. The normalized spacial score (nSPS) is 21.0. The van der Waals surface area contributed by atoms with E-state index in [0.29, 0.717) is 0 Å². The molecule has 0 atom stereocenters. The quantitative estimate of drug-likeness (QED) is 0.160. The lowest BCUT2D eigenvalue weighted by Crippen LogP contribution is -2.08. The largest absolute Gasteiger partial charge is 0.377 e. The summed E-state index contributed by atoms with van der Waals surface area (Å²) < 4.78 is 6.02. The van der Waals surface area contributed by atoms with Crippen LogP contribution in [0.5, 0.6) is 0 Å². The Morgan fingerprint density at radius 1 is 0.818 bits per heavy atom. The molecule has 0 amide bonds. The molecule has 1 aliphatic carbocycles. The van der Waals surface area contributed by atoms with Crippen molar-refractivity contribution in [3.05, 3.63) is 35.5 Å². The molecule has 0 spiro atoms. The lowest BCUT2D eigenvalue weighted by atomic mass is 9.87. The van der Waals surface area contributed by atoms with Gasteiger partial charge in [-0.15, -0.1) is 0 Å². The van der Waals surface area contributed by atoms with Crippen LogP contribution in [0.4, 0.5) is 0 Å². The van der Waals surface area contributed by atoms with Crippen molar-refractivity contribution >= 4 is 5.78 Å². The average Bonchev–Trinajstić information content (AvgIpc) is 2.81. The molecule has 0 aromatic carbocycles. The maximum atomic E-state index is 12.2. The van der Waals surface area contributed by atoms with Crippen molar-refractivity contribution in [2.75, 3.05) is 13.2 Å². The van der Waals surface area contributed by atoms with Gasteiger partial charge in [-0.05, 0) is 55.2 Å². The number of unbranched alkanes of at least 4 members (excludes halogenated alkanes) is 13. The third kappa shape index (κ3) is 17.0. The summed E-state index contributed by atoms with van der Waals surface area (Å²) in [5.74, 6) is 0.139. The molecular weight excluding hydrogens is 404 g/mol. The summed E-state index contributed by atoms with van der Waals surface area (Å²) in [4.78, 5) is 12.2. The molecule has 0 saturated heterocycles. The second-order valence-corrected chi connectivity index (χ2v) is 10.8. The van der Waals surface area contributed by atoms with Gasteiger partial charge >= 0.3 is 0 Å². The van der Waals surface area contributed by atoms with Gasteiger partial charge in [0.1, 0.15) is 0 Å². The Hall–Kier alpha value is -1.15. The van der Waals surface area contributed by atoms with E-state index >= 15 is 0 Å². The summed E-state index contributed by atoms with van der Waals surface area (Å²) in [5, 5.41) is 0. The van der Waals surface area contributed by atoms with E-state index in [2.05, 4.69) is 39.0 Å². The Labute approximate surface area is 206 Å². The Balaban J connectivity index is 2.07. The van der Waals surface area contributed by atoms with Crippen LogP contribution in [0, 0.1) is 5.41 Å². The summed E-state index contributed by atoms with van der Waals surface area (Å²) >= 11 is 0. The molecule has 0 heterocycles. The van der Waals surface area contributed by atoms with E-state index in [4.69, 9.17) is 4.74 Å². The molecule has 0 bridgehead atoms. The fourth-order valence-electron chi connectivity index (χ4n) is 4.32. The number of ketones is 1. The lowest BCUT2D eigenvalue weighted by Gasteiger charge is -2.18. The first-order chi connectivity index (χ1) is 15.9. The van der Waals surface area contributed by atoms with Crippen LogP contribution in [0.25, 0.3) is 0 Å². The number of hydrogen-bond donors (Lipinski definition) is 0. The number of rotatable bonds is 17. The fraction of sp³-hybridized carbons (Fsp3) is 0.774. The van der Waals surface area contributed by atoms with E-state index in [1.165, 1.54) is 95.5 Å². The molecule has 190 valence electrons. The summed E-state index contributed by atoms with van der Waals surface area (Å²) in [5.41, 5.74) is 2.23. The highest BCUT2D eigenvalue weighted by Crippen LogP contribution is 2.25. The average molecular weight is 459 g/mol. The second-order valence-electron chi connectivity index (χ2n) is 10.8. The number of carbonyl (C=O) groups excluding carboxylic acids is 1. The van der Waals surface area contributed by atoms with Crippen LogP contribution in [0.15, 0.2) is 35.5 Å². The van der Waals surface area contributed by atoms with Gasteiger partial charge < -0.3 is 4.74 Å². The molecule has 0 N–H and O–H groups in total. The van der Waals surface area contributed by atoms with Gasteiger partial charge in [-0.25, -0.2) is 0 Å². The molecule has 0 aromatic rings. The number of ether oxygens (including phenoxy) is 1. The van der Waals surface area contributed by atoms with Crippen LogP contribution < -0.4 is 0 Å². The first-order valence-corrected chi connectivity index (χ1v) is 14.1. The van der Waals surface area contributed by atoms with Crippen LogP contribution in [0.1, 0.15) is 137 Å². The second kappa shape index (κ2) is 19.2. The van der Waals surface area contributed by atoms with E-state index < -0.39 is 0 Å². The molecule has 1 aliphatic rings. The van der Waals surface area contributed by atoms with Gasteiger partial charge in [0.15, 0.2) is 5.78 Å². The first-order valence-electron chi connectivity index (χ1n) is 14.1. The van der Waals surface area contributed by atoms with Crippen molar-refractivity contribution < 1.29 is 9.53 Å². The standard InChI is InChI=1S/C31H54O2/c1-5-6-7-8-9-10-11-12-13-14-15-16-17-18-26-33-27-29-21-19-20-28(2)30(32)23-25-31(3,4)24-22-29/h20,22-23,25H,5-19,21,24,26-27H2,1-4H3/b25-23-,28-20-,29-22+. The minimum absolute atomic E-state index is 0.000162. The molecule has 33 heavy (non-hydrogen) atoms. The fourth-order valence-corrected chi connectivity index (χ4v) is 4.32. The molecule has 2 nitrogen and oxygen atoms in total. The molecule has 0 saturated carbocycles. The molecule has 0 aliphatic heterocycles. The summed E-state index contributed by atoms with van der Waals surface area (Å²) in [6, 6.07) is 0. The Morgan fingerprint density at radius 3 is 1.94 bits per heavy atom. The van der Waals surface area contributed by atoms with Crippen molar-refractivity contribution in [3.8, 4) is 0 Å². The molecular formula is C31H54O2. The zero-order chi connectivity index (χ0) is 24.2. The van der Waals surface area contributed by atoms with Gasteiger partial charge in [-0.3, -0.25) is 4.79 Å². The topological polar surface area (TPSA) is 26.3 Å². The lowest BCUT2D eigenvalue weighted by molar-refractivity contribution is -0.111. The summed E-state index contributed by atoms with van der Waals surface area (Å²) in [7, 11) is 0. The molecule has 0 fully saturated rings. The third-order valence-electron chi connectivity index (χ3n) is 6.84. The minimum Gasteiger partial charge on any atom is -0.377 e. The summed E-state index contributed by atoms with van der Waals surface area (Å²) in [6.07, 6.45) is 30.5. The predicted octanol–water partition coefficient (Wildman–Crippen LogP) is 9.69. The highest BCUT2D eigenvalue weighted by atomic mass is 16.5. The van der Waals surface area contributed by atoms with E-state index in [9.17, 15) is 4.79 Å². The monoisotopic (exact) mass is 458 g/mol. The van der Waals surface area contributed by atoms with E-state index in [-0.39, 0.29) is 11.2 Å². The van der Waals surface area contributed by atoms with Crippen molar-refractivity contribution in [2.45, 2.75) is 137 Å². The van der Waals surface area contributed by atoms with Crippen LogP contribution in [-0.4, -0.2) is 19.0 Å². The van der Waals surface area contributed by atoms with E-state index in [0.717, 1.165) is 38.0 Å². The van der Waals surface area contributed by atoms with Gasteiger partial charge in [0.2, 0.25) is 0 Å². The highest BCUT2D eigenvalue weighted by molar-refractivity contribution is 6.03. The van der Waals surface area contributed by atoms with Gasteiger partial charge in [0, 0.05) is 6.61 Å². The van der Waals surface area contributed by atoms with E-state index in [1.54, 1.807) is 6.08 Å². The van der Waals surface area contributed by atoms with Crippen LogP contribution >= 0.6 is 0 Å². The molecule has 2 heteroatoms. The van der Waals surface area contributed by atoms with Crippen LogP contribution in [-0.2, 0) is 9.53 Å². The summed E-state index contributed by atoms with van der Waals surface area (Å²) in [6.45, 7) is 10.2. The molecule has 0 radical (unpaired) electrons. The zero-order valence-electron chi connectivity index (χ0n) is 22.6. The number of allylic oxidation sites excluding steroid dienone is 5. The number of hydrogen-bond acceptors (Lipinski definition) is 2. The SMILES string of the molecule is CCCCCCCCCCCCCCCCOC/C1=C/CC(C)(C)/C=C\C(=O)/C(C)=C\CC1. The van der Waals surface area contributed by atoms with E-state index in [1.807, 2.05) is 6.92 Å². The van der Waals surface area contributed by atoms with Crippen molar-refractivity contribution in [1.29, 1.82) is 0 Å². The van der Waals surface area contributed by atoms with Crippen LogP contribution in [0.2, 0.25) is 0 Å². The number of carbonyl (C=O) groups is 1. The highest BCUT2D eigenvalue weighted by Gasteiger charge is 2.14. The van der Waals surface area contributed by atoms with Crippen molar-refractivity contribution in [2.24, 2.45) is 5.41 Å². The molecule has 0 aromatic heterocycles. The zero-order valence-corrected chi connectivity index (χ0v) is 22.6. The third-order valence-corrected chi connectivity index (χ3v) is 6.84. The van der Waals surface area contributed by atoms with Crippen molar-refractivity contribution in [1.82, 2.24) is 0 Å². The Bertz CT molecular complexity index is 594.